The topological polar surface area (TPSA) is 109 Å². The lowest BCUT2D eigenvalue weighted by atomic mass is 9.94. The average molecular weight is 551 g/mol. The maximum Gasteiger partial charge on any atom is 0.295 e. The van der Waals surface area contributed by atoms with Crippen molar-refractivity contribution in [1.29, 1.82) is 0 Å². The Morgan fingerprint density at radius 3 is 2.44 bits per heavy atom. The van der Waals surface area contributed by atoms with Gasteiger partial charge < -0.3 is 24.6 Å². The lowest BCUT2D eigenvalue weighted by molar-refractivity contribution is -0.140. The molecule has 1 fully saturated rings. The SMILES string of the molecule is CCOc1cc([C@H]2/C(=C(\O)c3ccc(OCc4cccc(C)c4)cc3)C(=O)C(=O)N2Cc2cccnc2)ccc1O. The second kappa shape index (κ2) is 12.0. The van der Waals surface area contributed by atoms with Crippen LogP contribution < -0.4 is 9.47 Å². The van der Waals surface area contributed by atoms with Crippen molar-refractivity contribution in [2.45, 2.75) is 33.0 Å². The number of phenols is 1. The molecule has 4 aromatic rings. The van der Waals surface area contributed by atoms with Crippen LogP contribution in [-0.4, -0.2) is 38.4 Å². The molecule has 1 saturated heterocycles. The molecule has 208 valence electrons. The molecule has 1 amide bonds. The number of aromatic hydroxyl groups is 1. The number of carbonyl (C=O) groups is 2. The van der Waals surface area contributed by atoms with Crippen LogP contribution >= 0.6 is 0 Å². The zero-order chi connectivity index (χ0) is 28.9. The first kappa shape index (κ1) is 27.5. The second-order valence-corrected chi connectivity index (χ2v) is 9.75. The van der Waals surface area contributed by atoms with E-state index < -0.39 is 17.7 Å². The monoisotopic (exact) mass is 550 g/mol. The van der Waals surface area contributed by atoms with Gasteiger partial charge in [0.2, 0.25) is 0 Å². The van der Waals surface area contributed by atoms with Gasteiger partial charge in [-0.2, -0.15) is 0 Å². The van der Waals surface area contributed by atoms with E-state index in [1.807, 2.05) is 31.2 Å². The number of ether oxygens (including phenoxy) is 2. The molecule has 2 heterocycles. The van der Waals surface area contributed by atoms with E-state index in [0.29, 0.717) is 30.1 Å². The van der Waals surface area contributed by atoms with E-state index in [-0.39, 0.29) is 29.4 Å². The third-order valence-corrected chi connectivity index (χ3v) is 6.83. The number of pyridine rings is 1. The van der Waals surface area contributed by atoms with Gasteiger partial charge in [0.15, 0.2) is 11.5 Å². The van der Waals surface area contributed by atoms with Crippen molar-refractivity contribution in [3.63, 3.8) is 0 Å². The van der Waals surface area contributed by atoms with E-state index in [9.17, 15) is 19.8 Å². The van der Waals surface area contributed by atoms with Crippen LogP contribution in [0, 0.1) is 6.92 Å². The van der Waals surface area contributed by atoms with Crippen molar-refractivity contribution < 1.29 is 29.3 Å². The molecule has 1 aromatic heterocycles. The Labute approximate surface area is 238 Å². The third kappa shape index (κ3) is 5.91. The molecule has 2 N–H and O–H groups in total. The van der Waals surface area contributed by atoms with E-state index in [0.717, 1.165) is 16.7 Å². The number of aliphatic hydroxyl groups is 1. The smallest absolute Gasteiger partial charge is 0.295 e. The predicted octanol–water partition coefficient (Wildman–Crippen LogP) is 5.70. The molecule has 41 heavy (non-hydrogen) atoms. The van der Waals surface area contributed by atoms with Crippen LogP contribution in [0.4, 0.5) is 0 Å². The number of benzene rings is 3. The minimum absolute atomic E-state index is 0.0551. The van der Waals surface area contributed by atoms with Gasteiger partial charge in [-0.3, -0.25) is 14.6 Å². The molecule has 1 aliphatic heterocycles. The summed E-state index contributed by atoms with van der Waals surface area (Å²) < 4.78 is 11.5. The highest BCUT2D eigenvalue weighted by molar-refractivity contribution is 6.46. The number of aliphatic hydroxyl groups excluding tert-OH is 1. The Hall–Kier alpha value is -5.11. The molecule has 1 atom stereocenters. The summed E-state index contributed by atoms with van der Waals surface area (Å²) in [5.41, 5.74) is 3.71. The van der Waals surface area contributed by atoms with E-state index in [2.05, 4.69) is 4.98 Å². The Balaban J connectivity index is 1.50. The van der Waals surface area contributed by atoms with Gasteiger partial charge >= 0.3 is 0 Å². The molecule has 0 aliphatic carbocycles. The summed E-state index contributed by atoms with van der Waals surface area (Å²) in [5.74, 6) is -1.12. The van der Waals surface area contributed by atoms with Crippen molar-refractivity contribution in [2.75, 3.05) is 6.61 Å². The fourth-order valence-electron chi connectivity index (χ4n) is 4.88. The van der Waals surface area contributed by atoms with Crippen molar-refractivity contribution in [3.8, 4) is 17.2 Å². The zero-order valence-corrected chi connectivity index (χ0v) is 22.8. The van der Waals surface area contributed by atoms with E-state index in [1.54, 1.807) is 67.8 Å². The fourth-order valence-corrected chi connectivity index (χ4v) is 4.88. The first-order chi connectivity index (χ1) is 19.9. The van der Waals surface area contributed by atoms with Crippen LogP contribution in [0.1, 0.15) is 40.8 Å². The first-order valence-corrected chi connectivity index (χ1v) is 13.3. The molecule has 0 spiro atoms. The molecule has 0 bridgehead atoms. The van der Waals surface area contributed by atoms with Gasteiger partial charge in [-0.1, -0.05) is 42.0 Å². The van der Waals surface area contributed by atoms with Crippen LogP contribution in [0.15, 0.2) is 96.8 Å². The highest BCUT2D eigenvalue weighted by Gasteiger charge is 2.46. The summed E-state index contributed by atoms with van der Waals surface area (Å²) in [7, 11) is 0. The lowest BCUT2D eigenvalue weighted by Crippen LogP contribution is -2.29. The van der Waals surface area contributed by atoms with Gasteiger partial charge in [0.25, 0.3) is 11.7 Å². The minimum atomic E-state index is -0.924. The highest BCUT2D eigenvalue weighted by atomic mass is 16.5. The van der Waals surface area contributed by atoms with E-state index in [4.69, 9.17) is 9.47 Å². The van der Waals surface area contributed by atoms with Crippen molar-refractivity contribution in [1.82, 2.24) is 9.88 Å². The van der Waals surface area contributed by atoms with Gasteiger partial charge in [0.1, 0.15) is 18.1 Å². The average Bonchev–Trinajstić information content (AvgIpc) is 3.23. The summed E-state index contributed by atoms with van der Waals surface area (Å²) >= 11 is 0. The molecule has 8 heteroatoms. The lowest BCUT2D eigenvalue weighted by Gasteiger charge is -2.26. The van der Waals surface area contributed by atoms with Gasteiger partial charge in [-0.15, -0.1) is 0 Å². The number of hydrogen-bond donors (Lipinski definition) is 2. The number of aromatic nitrogens is 1. The van der Waals surface area contributed by atoms with Crippen LogP contribution in [0.3, 0.4) is 0 Å². The van der Waals surface area contributed by atoms with Crippen molar-refractivity contribution in [3.05, 3.63) is 125 Å². The number of Topliss-reactive ketones (excluding diaryl/α,β-unsaturated/α-hetero) is 1. The number of carbonyl (C=O) groups excluding carboxylic acids is 2. The normalized spacial score (nSPS) is 16.1. The molecule has 0 radical (unpaired) electrons. The number of phenolic OH excluding ortho intramolecular Hbond substituents is 1. The van der Waals surface area contributed by atoms with E-state index in [1.165, 1.54) is 11.0 Å². The van der Waals surface area contributed by atoms with Gasteiger partial charge in [0, 0.05) is 24.5 Å². The standard InChI is InChI=1S/C33H30N2O6/c1-3-40-28-17-25(11-14-27(28)36)30-29(32(38)33(39)35(30)19-23-8-5-15-34-18-23)31(37)24-9-12-26(13-10-24)41-20-22-7-4-6-21(2)16-22/h4-18,30,36-37H,3,19-20H2,1-2H3/b31-29+/t30-/m0/s1. The second-order valence-electron chi connectivity index (χ2n) is 9.75. The fraction of sp³-hybridized carbons (Fsp3) is 0.182. The molecule has 1 aliphatic rings. The molecular formula is C33H30N2O6. The Morgan fingerprint density at radius 1 is 0.951 bits per heavy atom. The zero-order valence-electron chi connectivity index (χ0n) is 22.8. The van der Waals surface area contributed by atoms with Crippen molar-refractivity contribution >= 4 is 17.4 Å². The quantitative estimate of drug-likeness (QED) is 0.156. The summed E-state index contributed by atoms with van der Waals surface area (Å²) in [4.78, 5) is 32.2. The summed E-state index contributed by atoms with van der Waals surface area (Å²) in [6.07, 6.45) is 3.24. The Kier molecular flexibility index (Phi) is 8.01. The van der Waals surface area contributed by atoms with Gasteiger partial charge in [0.05, 0.1) is 18.2 Å². The summed E-state index contributed by atoms with van der Waals surface area (Å²) in [5, 5.41) is 21.7. The maximum absolute atomic E-state index is 13.4. The highest BCUT2D eigenvalue weighted by Crippen LogP contribution is 2.42. The predicted molar refractivity (Wildman–Crippen MR) is 153 cm³/mol. The Bertz CT molecular complexity index is 1600. The third-order valence-electron chi connectivity index (χ3n) is 6.83. The number of aryl methyl sites for hydroxylation is 1. The largest absolute Gasteiger partial charge is 0.507 e. The summed E-state index contributed by atoms with van der Waals surface area (Å²) in [6, 6.07) is 22.0. The van der Waals surface area contributed by atoms with E-state index >= 15 is 0 Å². The summed E-state index contributed by atoms with van der Waals surface area (Å²) in [6.45, 7) is 4.59. The molecule has 0 saturated carbocycles. The number of likely N-dealkylation sites (tertiary alicyclic amines) is 1. The van der Waals surface area contributed by atoms with Crippen LogP contribution in [-0.2, 0) is 22.7 Å². The minimum Gasteiger partial charge on any atom is -0.507 e. The number of nitrogens with zero attached hydrogens (tertiary/aromatic N) is 2. The first-order valence-electron chi connectivity index (χ1n) is 13.3. The molecule has 5 rings (SSSR count). The molecule has 8 nitrogen and oxygen atoms in total. The Morgan fingerprint density at radius 2 is 1.73 bits per heavy atom. The van der Waals surface area contributed by atoms with Crippen molar-refractivity contribution in [2.24, 2.45) is 0 Å². The molecule has 3 aromatic carbocycles. The number of rotatable bonds is 9. The number of hydrogen-bond acceptors (Lipinski definition) is 7. The van der Waals surface area contributed by atoms with Crippen LogP contribution in [0.25, 0.3) is 5.76 Å². The number of ketones is 1. The van der Waals surface area contributed by atoms with Gasteiger partial charge in [-0.05, 0) is 73.0 Å². The van der Waals surface area contributed by atoms with Crippen LogP contribution in [0.5, 0.6) is 17.2 Å². The maximum atomic E-state index is 13.4. The number of amides is 1. The van der Waals surface area contributed by atoms with Crippen LogP contribution in [0.2, 0.25) is 0 Å². The molecule has 0 unspecified atom stereocenters. The van der Waals surface area contributed by atoms with Gasteiger partial charge in [-0.25, -0.2) is 0 Å². The molecular weight excluding hydrogens is 520 g/mol.